The summed E-state index contributed by atoms with van der Waals surface area (Å²) in [7, 11) is 0. The molecule has 0 aliphatic heterocycles. The summed E-state index contributed by atoms with van der Waals surface area (Å²) in [5, 5.41) is 12.6. The van der Waals surface area contributed by atoms with Crippen molar-refractivity contribution in [2.45, 2.75) is 19.4 Å². The van der Waals surface area contributed by atoms with Crippen molar-refractivity contribution in [2.24, 2.45) is 0 Å². The first-order valence-corrected chi connectivity index (χ1v) is 7.16. The molecule has 0 heterocycles. The summed E-state index contributed by atoms with van der Waals surface area (Å²) in [4.78, 5) is 0. The Balaban J connectivity index is 2.85. The maximum absolute atomic E-state index is 9.41. The van der Waals surface area contributed by atoms with E-state index in [1.54, 1.807) is 0 Å². The summed E-state index contributed by atoms with van der Waals surface area (Å²) < 4.78 is 2.03. The van der Waals surface area contributed by atoms with Crippen LogP contribution < -0.4 is 5.32 Å². The van der Waals surface area contributed by atoms with Gasteiger partial charge in [0.05, 0.1) is 17.7 Å². The van der Waals surface area contributed by atoms with Gasteiger partial charge in [-0.05, 0) is 40.0 Å². The molecule has 2 nitrogen and oxygen atoms in total. The smallest absolute Gasteiger partial charge is 0.0847 e. The fourth-order valence-corrected chi connectivity index (χ4v) is 2.94. The standard InChI is InChI=1S/C11H14Br2ClNO/c1-2-7-3-8(12)4-10(13)11(7)15-6-9(16)5-14/h3-4,9,15-16H,2,5-6H2,1H3. The van der Waals surface area contributed by atoms with Crippen molar-refractivity contribution < 1.29 is 5.11 Å². The van der Waals surface area contributed by atoms with E-state index in [1.807, 2.05) is 6.07 Å². The number of aryl methyl sites for hydroxylation is 1. The zero-order valence-corrected chi connectivity index (χ0v) is 12.9. The van der Waals surface area contributed by atoms with E-state index in [4.69, 9.17) is 11.6 Å². The topological polar surface area (TPSA) is 32.3 Å². The molecule has 1 aromatic carbocycles. The largest absolute Gasteiger partial charge is 0.390 e. The van der Waals surface area contributed by atoms with Gasteiger partial charge in [-0.25, -0.2) is 0 Å². The molecular weight excluding hydrogens is 357 g/mol. The monoisotopic (exact) mass is 369 g/mol. The van der Waals surface area contributed by atoms with Crippen LogP contribution in [-0.4, -0.2) is 23.6 Å². The molecule has 1 unspecified atom stereocenters. The number of aliphatic hydroxyl groups excluding tert-OH is 1. The van der Waals surface area contributed by atoms with Gasteiger partial charge in [0.1, 0.15) is 0 Å². The van der Waals surface area contributed by atoms with Gasteiger partial charge in [-0.2, -0.15) is 0 Å². The Bertz CT molecular complexity index is 360. The highest BCUT2D eigenvalue weighted by Gasteiger charge is 2.09. The van der Waals surface area contributed by atoms with E-state index in [1.165, 1.54) is 5.56 Å². The number of rotatable bonds is 5. The van der Waals surface area contributed by atoms with Crippen LogP contribution in [0.3, 0.4) is 0 Å². The van der Waals surface area contributed by atoms with E-state index in [2.05, 4.69) is 50.2 Å². The highest BCUT2D eigenvalue weighted by Crippen LogP contribution is 2.31. The molecule has 1 rings (SSSR count). The molecule has 16 heavy (non-hydrogen) atoms. The number of aliphatic hydroxyl groups is 1. The number of hydrogen-bond acceptors (Lipinski definition) is 2. The molecule has 1 aromatic rings. The van der Waals surface area contributed by atoms with E-state index in [9.17, 15) is 5.11 Å². The van der Waals surface area contributed by atoms with E-state index < -0.39 is 6.10 Å². The molecule has 0 aliphatic rings. The van der Waals surface area contributed by atoms with Crippen LogP contribution in [0.2, 0.25) is 0 Å². The molecule has 0 aromatic heterocycles. The predicted molar refractivity (Wildman–Crippen MR) is 76.4 cm³/mol. The number of benzene rings is 1. The third kappa shape index (κ3) is 3.91. The number of halogens is 3. The fourth-order valence-electron chi connectivity index (χ4n) is 1.38. The van der Waals surface area contributed by atoms with Crippen LogP contribution in [0.25, 0.3) is 0 Å². The first kappa shape index (κ1) is 14.3. The van der Waals surface area contributed by atoms with E-state index in [-0.39, 0.29) is 5.88 Å². The number of anilines is 1. The van der Waals surface area contributed by atoms with Crippen molar-refractivity contribution in [1.82, 2.24) is 0 Å². The lowest BCUT2D eigenvalue weighted by Crippen LogP contribution is -2.21. The first-order chi connectivity index (χ1) is 7.58. The van der Waals surface area contributed by atoms with Gasteiger partial charge >= 0.3 is 0 Å². The van der Waals surface area contributed by atoms with E-state index in [0.29, 0.717) is 6.54 Å². The SMILES string of the molecule is CCc1cc(Br)cc(Br)c1NCC(O)CCl. The van der Waals surface area contributed by atoms with Crippen LogP contribution in [0.15, 0.2) is 21.1 Å². The van der Waals surface area contributed by atoms with Gasteiger partial charge < -0.3 is 10.4 Å². The van der Waals surface area contributed by atoms with Gasteiger partial charge in [0.2, 0.25) is 0 Å². The third-order valence-electron chi connectivity index (χ3n) is 2.21. The Labute approximate surface area is 118 Å². The van der Waals surface area contributed by atoms with Gasteiger partial charge in [-0.1, -0.05) is 22.9 Å². The second kappa shape index (κ2) is 6.84. The normalized spacial score (nSPS) is 12.6. The molecule has 0 spiro atoms. The van der Waals surface area contributed by atoms with E-state index in [0.717, 1.165) is 21.1 Å². The van der Waals surface area contributed by atoms with Crippen molar-refractivity contribution in [1.29, 1.82) is 0 Å². The molecule has 0 saturated heterocycles. The van der Waals surface area contributed by atoms with Crippen LogP contribution in [-0.2, 0) is 6.42 Å². The minimum Gasteiger partial charge on any atom is -0.390 e. The van der Waals surface area contributed by atoms with Gasteiger partial charge in [-0.15, -0.1) is 11.6 Å². The summed E-state index contributed by atoms with van der Waals surface area (Å²) in [6.45, 7) is 2.55. The van der Waals surface area contributed by atoms with Crippen LogP contribution in [0.1, 0.15) is 12.5 Å². The van der Waals surface area contributed by atoms with Gasteiger partial charge in [0, 0.05) is 15.5 Å². The molecule has 0 amide bonds. The molecule has 0 aliphatic carbocycles. The maximum Gasteiger partial charge on any atom is 0.0847 e. The van der Waals surface area contributed by atoms with Gasteiger partial charge in [0.15, 0.2) is 0 Å². The third-order valence-corrected chi connectivity index (χ3v) is 3.65. The molecule has 0 fully saturated rings. The first-order valence-electron chi connectivity index (χ1n) is 5.04. The molecule has 0 saturated carbocycles. The van der Waals surface area contributed by atoms with Crippen LogP contribution >= 0.6 is 43.5 Å². The molecular formula is C11H14Br2ClNO. The lowest BCUT2D eigenvalue weighted by atomic mass is 10.1. The summed E-state index contributed by atoms with van der Waals surface area (Å²) in [5.74, 6) is 0.239. The average molecular weight is 372 g/mol. The zero-order valence-electron chi connectivity index (χ0n) is 8.93. The van der Waals surface area contributed by atoms with Crippen molar-refractivity contribution in [2.75, 3.05) is 17.7 Å². The summed E-state index contributed by atoms with van der Waals surface area (Å²) in [5.41, 5.74) is 2.22. The Kier molecular flexibility index (Phi) is 6.11. The molecule has 5 heteroatoms. The molecule has 90 valence electrons. The Morgan fingerprint density at radius 3 is 2.69 bits per heavy atom. The predicted octanol–water partition coefficient (Wildman–Crippen LogP) is 3.79. The van der Waals surface area contributed by atoms with Crippen LogP contribution in [0.4, 0.5) is 5.69 Å². The summed E-state index contributed by atoms with van der Waals surface area (Å²) >= 11 is 12.5. The second-order valence-corrected chi connectivity index (χ2v) is 5.54. The Hall–Kier alpha value is 0.230. The Morgan fingerprint density at radius 2 is 2.12 bits per heavy atom. The molecule has 0 radical (unpaired) electrons. The quantitative estimate of drug-likeness (QED) is 0.772. The van der Waals surface area contributed by atoms with Crippen molar-refractivity contribution >= 4 is 49.1 Å². The fraction of sp³-hybridized carbons (Fsp3) is 0.455. The molecule has 2 N–H and O–H groups in total. The summed E-state index contributed by atoms with van der Waals surface area (Å²) in [6, 6.07) is 4.05. The zero-order chi connectivity index (χ0) is 12.1. The highest BCUT2D eigenvalue weighted by atomic mass is 79.9. The van der Waals surface area contributed by atoms with Crippen molar-refractivity contribution in [3.8, 4) is 0 Å². The molecule has 1 atom stereocenters. The lowest BCUT2D eigenvalue weighted by molar-refractivity contribution is 0.211. The van der Waals surface area contributed by atoms with Gasteiger partial charge in [-0.3, -0.25) is 0 Å². The van der Waals surface area contributed by atoms with Crippen molar-refractivity contribution in [3.05, 3.63) is 26.6 Å². The Morgan fingerprint density at radius 1 is 1.44 bits per heavy atom. The summed E-state index contributed by atoms with van der Waals surface area (Å²) in [6.07, 6.45) is 0.402. The second-order valence-electron chi connectivity index (χ2n) is 3.46. The highest BCUT2D eigenvalue weighted by molar-refractivity contribution is 9.11. The average Bonchev–Trinajstić information content (AvgIpc) is 2.26. The minimum absolute atomic E-state index is 0.239. The maximum atomic E-state index is 9.41. The lowest BCUT2D eigenvalue weighted by Gasteiger charge is -2.15. The van der Waals surface area contributed by atoms with Crippen LogP contribution in [0, 0.1) is 0 Å². The van der Waals surface area contributed by atoms with E-state index >= 15 is 0 Å². The van der Waals surface area contributed by atoms with Crippen molar-refractivity contribution in [3.63, 3.8) is 0 Å². The molecule has 0 bridgehead atoms. The van der Waals surface area contributed by atoms with Gasteiger partial charge in [0.25, 0.3) is 0 Å². The van der Waals surface area contributed by atoms with Crippen LogP contribution in [0.5, 0.6) is 0 Å². The number of hydrogen-bond donors (Lipinski definition) is 2. The number of nitrogens with one attached hydrogen (secondary N) is 1. The number of alkyl halides is 1. The minimum atomic E-state index is -0.526.